The zero-order valence-electron chi connectivity index (χ0n) is 29.5. The van der Waals surface area contributed by atoms with Crippen molar-refractivity contribution in [2.24, 2.45) is 5.92 Å². The maximum Gasteiger partial charge on any atom is 0.297 e. The summed E-state index contributed by atoms with van der Waals surface area (Å²) in [7, 11) is -1.73. The van der Waals surface area contributed by atoms with Gasteiger partial charge in [0.25, 0.3) is 17.2 Å². The molecule has 52 heavy (non-hydrogen) atoms. The third kappa shape index (κ3) is 6.65. The molecule has 4 aromatic rings. The minimum Gasteiger partial charge on any atom is -0.491 e. The van der Waals surface area contributed by atoms with Gasteiger partial charge >= 0.3 is 0 Å². The Morgan fingerprint density at radius 2 is 1.75 bits per heavy atom. The van der Waals surface area contributed by atoms with Crippen molar-refractivity contribution in [2.75, 3.05) is 25.2 Å². The molecule has 1 aromatic heterocycles. The number of nitro benzene ring substituents is 1. The third-order valence-corrected chi connectivity index (χ3v) is 12.7. The predicted octanol–water partition coefficient (Wildman–Crippen LogP) is 4.51. The molecule has 2 aliphatic heterocycles. The van der Waals surface area contributed by atoms with Crippen LogP contribution in [-0.4, -0.2) is 70.8 Å². The number of methoxy groups -OCH3 is 1. The molecule has 0 saturated carbocycles. The van der Waals surface area contributed by atoms with Crippen molar-refractivity contribution in [1.82, 2.24) is 9.47 Å². The van der Waals surface area contributed by atoms with Crippen molar-refractivity contribution in [3.8, 4) is 11.4 Å². The lowest BCUT2D eigenvalue weighted by Crippen LogP contribution is -2.46. The lowest BCUT2D eigenvalue weighted by molar-refractivity contribution is -0.385. The number of hydrogen-bond acceptors (Lipinski definition) is 9. The summed E-state index contributed by atoms with van der Waals surface area (Å²) < 4.78 is 13.4. The van der Waals surface area contributed by atoms with Crippen molar-refractivity contribution in [1.29, 1.82) is 0 Å². The molecule has 0 unspecified atom stereocenters. The van der Waals surface area contributed by atoms with E-state index >= 15 is 0 Å². The van der Waals surface area contributed by atoms with Gasteiger partial charge in [-0.3, -0.25) is 29.1 Å². The molecule has 1 fully saturated rings. The molecule has 0 aliphatic carbocycles. The van der Waals surface area contributed by atoms with E-state index in [1.807, 2.05) is 30.3 Å². The zero-order valence-corrected chi connectivity index (χ0v) is 30.5. The number of amides is 2. The van der Waals surface area contributed by atoms with Crippen LogP contribution in [0.15, 0.2) is 95.9 Å². The summed E-state index contributed by atoms with van der Waals surface area (Å²) in [4.78, 5) is 67.8. The van der Waals surface area contributed by atoms with E-state index in [9.17, 15) is 34.4 Å². The van der Waals surface area contributed by atoms with Gasteiger partial charge in [0.2, 0.25) is 5.91 Å². The topological polar surface area (TPSA) is 165 Å². The number of carbonyl (C=O) groups excluding carboxylic acids is 2. The number of pyridine rings is 1. The first-order chi connectivity index (χ1) is 24.8. The molecule has 3 heterocycles. The average molecular weight is 727 g/mol. The molecule has 272 valence electrons. The highest BCUT2D eigenvalue weighted by atomic mass is 28.4. The van der Waals surface area contributed by atoms with Crippen LogP contribution >= 0.6 is 0 Å². The molecule has 0 bridgehead atoms. The standard InChI is InChI=1S/C38H42N4O9Si/c1-25-35(52(3,4)49)33(22-34(44)39(19-20-43)23-26-9-6-5-7-10-26)51-38(25)30-21-29(42(47)48)16-17-31(30)41(37(38)46)24-27-12-14-28(15-13-27)40-18-8-11-32(50-2)36(40)45/h5-18,21,25,33,35,43,49H,19-20,22-24H2,1-4H3/t25-,33+,35-,38+/m1/s1. The van der Waals surface area contributed by atoms with E-state index in [0.29, 0.717) is 16.9 Å². The number of anilines is 1. The molecular weight excluding hydrogens is 685 g/mol. The second-order valence-electron chi connectivity index (χ2n) is 13.9. The molecule has 2 N–H and O–H groups in total. The Labute approximate surface area is 301 Å². The van der Waals surface area contributed by atoms with E-state index < -0.39 is 42.3 Å². The fourth-order valence-corrected chi connectivity index (χ4v) is 10.4. The molecule has 0 radical (unpaired) electrons. The number of fused-ring (bicyclic) bond motifs is 2. The van der Waals surface area contributed by atoms with E-state index in [2.05, 4.69) is 0 Å². The van der Waals surface area contributed by atoms with Crippen LogP contribution in [0.25, 0.3) is 5.69 Å². The van der Waals surface area contributed by atoms with E-state index in [0.717, 1.165) is 11.1 Å². The Kier molecular flexibility index (Phi) is 10.2. The van der Waals surface area contributed by atoms with Gasteiger partial charge in [0.1, 0.15) is 0 Å². The van der Waals surface area contributed by atoms with Crippen LogP contribution in [-0.2, 0) is 33.0 Å². The number of nitro groups is 1. The molecule has 3 aromatic carbocycles. The maximum atomic E-state index is 14.8. The first-order valence-electron chi connectivity index (χ1n) is 17.1. The van der Waals surface area contributed by atoms with Crippen LogP contribution in [0.2, 0.25) is 18.6 Å². The van der Waals surface area contributed by atoms with Crippen LogP contribution in [0, 0.1) is 16.0 Å². The van der Waals surface area contributed by atoms with Crippen LogP contribution in [0.5, 0.6) is 5.75 Å². The number of non-ortho nitro benzene ring substituents is 1. The number of aromatic nitrogens is 1. The number of nitrogens with zero attached hydrogens (tertiary/aromatic N) is 4. The van der Waals surface area contributed by atoms with Crippen LogP contribution in [0.1, 0.15) is 30.0 Å². The smallest absolute Gasteiger partial charge is 0.297 e. The Bertz CT molecular complexity index is 2030. The largest absolute Gasteiger partial charge is 0.491 e. The van der Waals surface area contributed by atoms with Gasteiger partial charge < -0.3 is 29.2 Å². The minimum absolute atomic E-state index is 0.0821. The first kappa shape index (κ1) is 36.6. The SMILES string of the molecule is COc1cccn(-c2ccc(CN3C(=O)[C@@]4(O[C@@H](CC(=O)N(CCO)Cc5ccccc5)[C@H]([Si](C)(C)O)[C@H]4C)c4cc([N+](=O)[O-])ccc43)cc2)c1=O. The van der Waals surface area contributed by atoms with Gasteiger partial charge in [-0.2, -0.15) is 0 Å². The zero-order chi connectivity index (χ0) is 37.4. The van der Waals surface area contributed by atoms with Gasteiger partial charge in [0.15, 0.2) is 19.7 Å². The van der Waals surface area contributed by atoms with Crippen LogP contribution in [0.3, 0.4) is 0 Å². The van der Waals surface area contributed by atoms with E-state index in [1.165, 1.54) is 39.7 Å². The molecule has 1 saturated heterocycles. The van der Waals surface area contributed by atoms with Gasteiger partial charge in [0.05, 0.1) is 43.4 Å². The van der Waals surface area contributed by atoms with Crippen molar-refractivity contribution in [3.05, 3.63) is 128 Å². The van der Waals surface area contributed by atoms with Crippen LogP contribution < -0.4 is 15.2 Å². The van der Waals surface area contributed by atoms with Crippen molar-refractivity contribution < 1.29 is 33.9 Å². The number of benzene rings is 3. The van der Waals surface area contributed by atoms with Crippen LogP contribution in [0.4, 0.5) is 11.4 Å². The van der Waals surface area contributed by atoms with E-state index in [4.69, 9.17) is 9.47 Å². The Balaban J connectivity index is 1.35. The summed E-state index contributed by atoms with van der Waals surface area (Å²) in [5, 5.41) is 21.8. The fraction of sp³-hybridized carbons (Fsp3) is 0.342. The first-order valence-corrected chi connectivity index (χ1v) is 20.1. The summed E-state index contributed by atoms with van der Waals surface area (Å²) in [5.41, 5.74) is 0.0912. The number of ether oxygens (including phenoxy) is 2. The molecule has 2 amide bonds. The maximum absolute atomic E-state index is 14.8. The monoisotopic (exact) mass is 726 g/mol. The summed E-state index contributed by atoms with van der Waals surface area (Å²) in [6.45, 7) is 5.46. The van der Waals surface area contributed by atoms with Gasteiger partial charge in [-0.05, 0) is 54.6 Å². The van der Waals surface area contributed by atoms with Crippen molar-refractivity contribution in [2.45, 2.75) is 56.8 Å². The highest BCUT2D eigenvalue weighted by Gasteiger charge is 2.66. The lowest BCUT2D eigenvalue weighted by Gasteiger charge is -2.32. The van der Waals surface area contributed by atoms with Gasteiger partial charge in [-0.15, -0.1) is 0 Å². The number of carbonyl (C=O) groups is 2. The molecule has 6 rings (SSSR count). The summed E-state index contributed by atoms with van der Waals surface area (Å²) in [6.07, 6.45) is 0.579. The lowest BCUT2D eigenvalue weighted by atomic mass is 9.82. The highest BCUT2D eigenvalue weighted by molar-refractivity contribution is 6.71. The summed E-state index contributed by atoms with van der Waals surface area (Å²) >= 11 is 0. The summed E-state index contributed by atoms with van der Waals surface area (Å²) in [6, 6.07) is 24.0. The quantitative estimate of drug-likeness (QED) is 0.121. The molecule has 14 heteroatoms. The van der Waals surface area contributed by atoms with Gasteiger partial charge in [0, 0.05) is 54.1 Å². The van der Waals surface area contributed by atoms with Gasteiger partial charge in [-0.25, -0.2) is 0 Å². The fourth-order valence-electron chi connectivity index (χ4n) is 7.83. The van der Waals surface area contributed by atoms with Crippen molar-refractivity contribution in [3.63, 3.8) is 0 Å². The predicted molar refractivity (Wildman–Crippen MR) is 196 cm³/mol. The third-order valence-electron chi connectivity index (χ3n) is 10.2. The highest BCUT2D eigenvalue weighted by Crippen LogP contribution is 2.60. The Hall–Kier alpha value is -5.15. The number of rotatable bonds is 12. The average Bonchev–Trinajstić information content (AvgIpc) is 3.54. The molecule has 13 nitrogen and oxygen atoms in total. The van der Waals surface area contributed by atoms with Gasteiger partial charge in [-0.1, -0.05) is 49.4 Å². The van der Waals surface area contributed by atoms with Crippen molar-refractivity contribution >= 4 is 31.5 Å². The number of aliphatic hydroxyl groups excluding tert-OH is 1. The Morgan fingerprint density at radius 1 is 1.04 bits per heavy atom. The van der Waals surface area contributed by atoms with E-state index in [1.54, 1.807) is 62.6 Å². The Morgan fingerprint density at radius 3 is 2.38 bits per heavy atom. The second-order valence-corrected chi connectivity index (χ2v) is 17.8. The minimum atomic E-state index is -3.16. The molecule has 1 spiro atoms. The normalized spacial score (nSPS) is 21.0. The molecule has 4 atom stereocenters. The summed E-state index contributed by atoms with van der Waals surface area (Å²) in [5.74, 6) is -1.22. The molecular formula is C38H42N4O9Si. The number of aliphatic hydroxyl groups is 1. The second kappa shape index (κ2) is 14.5. The van der Waals surface area contributed by atoms with E-state index in [-0.39, 0.29) is 55.6 Å². The molecule has 2 aliphatic rings. The number of hydrogen-bond donors (Lipinski definition) is 2.